The number of nitrogens with one attached hydrogen (secondary N) is 1. The van der Waals surface area contributed by atoms with E-state index in [4.69, 9.17) is 5.26 Å². The highest BCUT2D eigenvalue weighted by atomic mass is 16.3. The molecule has 0 aromatic carbocycles. The van der Waals surface area contributed by atoms with Gasteiger partial charge in [-0.05, 0) is 44.6 Å². The fourth-order valence-electron chi connectivity index (χ4n) is 2.34. The molecule has 0 radical (unpaired) electrons. The van der Waals surface area contributed by atoms with Crippen LogP contribution >= 0.6 is 0 Å². The number of nitrogens with zero attached hydrogens (tertiary/aromatic N) is 3. The third-order valence-corrected chi connectivity index (χ3v) is 3.64. The van der Waals surface area contributed by atoms with Gasteiger partial charge in [0.2, 0.25) is 0 Å². The van der Waals surface area contributed by atoms with Crippen LogP contribution in [0.25, 0.3) is 0 Å². The molecule has 5 nitrogen and oxygen atoms in total. The summed E-state index contributed by atoms with van der Waals surface area (Å²) in [4.78, 5) is 0. The number of anilines is 1. The zero-order valence-corrected chi connectivity index (χ0v) is 10.8. The maximum Gasteiger partial charge on any atom is 0.166 e. The fourth-order valence-corrected chi connectivity index (χ4v) is 2.34. The van der Waals surface area contributed by atoms with Crippen LogP contribution in [0.4, 0.5) is 5.82 Å². The van der Waals surface area contributed by atoms with Crippen molar-refractivity contribution in [3.8, 4) is 6.07 Å². The second-order valence-corrected chi connectivity index (χ2v) is 4.96. The largest absolute Gasteiger partial charge is 0.393 e. The van der Waals surface area contributed by atoms with Crippen LogP contribution in [0.5, 0.6) is 0 Å². The molecule has 1 aliphatic carbocycles. The first-order chi connectivity index (χ1) is 8.61. The van der Waals surface area contributed by atoms with Gasteiger partial charge in [0.1, 0.15) is 11.6 Å². The second-order valence-electron chi connectivity index (χ2n) is 4.96. The lowest BCUT2D eigenvalue weighted by molar-refractivity contribution is 0.178. The molecule has 1 aromatic heterocycles. The Bertz CT molecular complexity index is 481. The minimum Gasteiger partial charge on any atom is -0.393 e. The highest BCUT2D eigenvalue weighted by molar-refractivity contribution is 5.55. The monoisotopic (exact) mass is 246 g/mol. The highest BCUT2D eigenvalue weighted by Gasteiger charge is 2.23. The number of hydrogen-bond donors (Lipinski definition) is 2. The summed E-state index contributed by atoms with van der Waals surface area (Å²) >= 11 is 0. The Labute approximate surface area is 107 Å². The summed E-state index contributed by atoms with van der Waals surface area (Å²) in [6, 6.07) is 2.17. The molecule has 1 saturated carbocycles. The van der Waals surface area contributed by atoms with Crippen LogP contribution in [0.2, 0.25) is 0 Å². The van der Waals surface area contributed by atoms with E-state index in [0.717, 1.165) is 37.1 Å². The van der Waals surface area contributed by atoms with Crippen LogP contribution in [0.3, 0.4) is 0 Å². The summed E-state index contributed by atoms with van der Waals surface area (Å²) < 4.78 is 0. The fraction of sp³-hybridized carbons (Fsp3) is 0.615. The molecular weight excluding hydrogens is 228 g/mol. The Hall–Kier alpha value is -1.67. The van der Waals surface area contributed by atoms with Crippen molar-refractivity contribution in [1.29, 1.82) is 5.26 Å². The number of rotatable bonds is 3. The SMILES string of the molecule is Cc1nnc(NCC2CCC(O)C2)c(C#N)c1C. The predicted octanol–water partition coefficient (Wildman–Crippen LogP) is 1.54. The van der Waals surface area contributed by atoms with Crippen LogP contribution in [0.1, 0.15) is 36.1 Å². The molecule has 1 fully saturated rings. The Balaban J connectivity index is 2.06. The van der Waals surface area contributed by atoms with Gasteiger partial charge in [0.25, 0.3) is 0 Å². The van der Waals surface area contributed by atoms with E-state index in [2.05, 4.69) is 21.6 Å². The molecule has 5 heteroatoms. The van der Waals surface area contributed by atoms with Crippen LogP contribution in [0.15, 0.2) is 0 Å². The van der Waals surface area contributed by atoms with Crippen LogP contribution in [0, 0.1) is 31.1 Å². The van der Waals surface area contributed by atoms with Gasteiger partial charge in [0.05, 0.1) is 11.8 Å². The normalized spacial score (nSPS) is 22.8. The first-order valence-electron chi connectivity index (χ1n) is 6.27. The van der Waals surface area contributed by atoms with E-state index < -0.39 is 0 Å². The average Bonchev–Trinajstić information content (AvgIpc) is 2.77. The number of nitriles is 1. The van der Waals surface area contributed by atoms with Gasteiger partial charge in [-0.2, -0.15) is 10.4 Å². The average molecular weight is 246 g/mol. The van der Waals surface area contributed by atoms with E-state index in [1.807, 2.05) is 13.8 Å². The van der Waals surface area contributed by atoms with Crippen molar-refractivity contribution in [1.82, 2.24) is 10.2 Å². The molecule has 2 N–H and O–H groups in total. The van der Waals surface area contributed by atoms with Crippen LogP contribution in [-0.4, -0.2) is 28.0 Å². The molecule has 2 unspecified atom stereocenters. The van der Waals surface area contributed by atoms with Gasteiger partial charge in [-0.1, -0.05) is 0 Å². The summed E-state index contributed by atoms with van der Waals surface area (Å²) in [5.41, 5.74) is 2.23. The van der Waals surface area contributed by atoms with Crippen molar-refractivity contribution in [2.45, 2.75) is 39.2 Å². The van der Waals surface area contributed by atoms with Crippen LogP contribution in [-0.2, 0) is 0 Å². The van der Waals surface area contributed by atoms with E-state index in [1.54, 1.807) is 0 Å². The van der Waals surface area contributed by atoms with Crippen molar-refractivity contribution in [2.75, 3.05) is 11.9 Å². The molecule has 2 rings (SSSR count). The molecule has 1 aliphatic rings. The summed E-state index contributed by atoms with van der Waals surface area (Å²) in [6.45, 7) is 4.47. The topological polar surface area (TPSA) is 81.8 Å². The molecule has 96 valence electrons. The number of hydrogen-bond acceptors (Lipinski definition) is 5. The van der Waals surface area contributed by atoms with Crippen LogP contribution < -0.4 is 5.32 Å². The summed E-state index contributed by atoms with van der Waals surface area (Å²) in [5.74, 6) is 1.01. The van der Waals surface area contributed by atoms with Gasteiger partial charge >= 0.3 is 0 Å². The van der Waals surface area contributed by atoms with E-state index in [1.165, 1.54) is 0 Å². The van der Waals surface area contributed by atoms with Crippen molar-refractivity contribution < 1.29 is 5.11 Å². The second kappa shape index (κ2) is 5.32. The van der Waals surface area contributed by atoms with Gasteiger partial charge in [-0.3, -0.25) is 0 Å². The lowest BCUT2D eigenvalue weighted by atomic mass is 10.1. The van der Waals surface area contributed by atoms with Crippen molar-refractivity contribution in [3.63, 3.8) is 0 Å². The first-order valence-corrected chi connectivity index (χ1v) is 6.27. The Morgan fingerprint density at radius 1 is 1.39 bits per heavy atom. The summed E-state index contributed by atoms with van der Waals surface area (Å²) in [6.07, 6.45) is 2.55. The van der Waals surface area contributed by atoms with Crippen molar-refractivity contribution >= 4 is 5.82 Å². The molecule has 1 aromatic rings. The third kappa shape index (κ3) is 2.59. The maximum atomic E-state index is 9.47. The molecule has 0 spiro atoms. The van der Waals surface area contributed by atoms with Gasteiger partial charge in [0, 0.05) is 6.54 Å². The minimum atomic E-state index is -0.168. The quantitative estimate of drug-likeness (QED) is 0.845. The van der Waals surface area contributed by atoms with E-state index >= 15 is 0 Å². The summed E-state index contributed by atoms with van der Waals surface area (Å²) in [5, 5.41) is 29.9. The number of aromatic nitrogens is 2. The molecule has 0 saturated heterocycles. The highest BCUT2D eigenvalue weighted by Crippen LogP contribution is 2.26. The van der Waals surface area contributed by atoms with Crippen molar-refractivity contribution in [3.05, 3.63) is 16.8 Å². The molecule has 0 aliphatic heterocycles. The van der Waals surface area contributed by atoms with E-state index in [9.17, 15) is 5.11 Å². The summed E-state index contributed by atoms with van der Waals surface area (Å²) in [7, 11) is 0. The number of aryl methyl sites for hydroxylation is 1. The molecule has 2 atom stereocenters. The predicted molar refractivity (Wildman–Crippen MR) is 68.1 cm³/mol. The Morgan fingerprint density at radius 3 is 2.78 bits per heavy atom. The molecule has 18 heavy (non-hydrogen) atoms. The molecule has 1 heterocycles. The first kappa shape index (κ1) is 12.8. The standard InChI is InChI=1S/C13H18N4O/c1-8-9(2)16-17-13(12(8)6-14)15-7-10-3-4-11(18)5-10/h10-11,18H,3-5,7H2,1-2H3,(H,15,17). The van der Waals surface area contributed by atoms with Gasteiger partial charge in [-0.25, -0.2) is 0 Å². The van der Waals surface area contributed by atoms with Gasteiger partial charge < -0.3 is 10.4 Å². The van der Waals surface area contributed by atoms with E-state index in [-0.39, 0.29) is 6.10 Å². The maximum absolute atomic E-state index is 9.47. The molecule has 0 bridgehead atoms. The van der Waals surface area contributed by atoms with Gasteiger partial charge in [0.15, 0.2) is 5.82 Å². The Morgan fingerprint density at radius 2 is 2.17 bits per heavy atom. The van der Waals surface area contributed by atoms with Crippen molar-refractivity contribution in [2.24, 2.45) is 5.92 Å². The lowest BCUT2D eigenvalue weighted by Crippen LogP contribution is -2.15. The zero-order valence-electron chi connectivity index (χ0n) is 10.8. The molecule has 0 amide bonds. The zero-order chi connectivity index (χ0) is 13.1. The smallest absolute Gasteiger partial charge is 0.166 e. The van der Waals surface area contributed by atoms with Gasteiger partial charge in [-0.15, -0.1) is 5.10 Å². The number of aliphatic hydroxyl groups excluding tert-OH is 1. The third-order valence-electron chi connectivity index (χ3n) is 3.64. The molecular formula is C13H18N4O. The number of aliphatic hydroxyl groups is 1. The lowest BCUT2D eigenvalue weighted by Gasteiger charge is -2.13. The Kier molecular flexibility index (Phi) is 3.78. The minimum absolute atomic E-state index is 0.168. The van der Waals surface area contributed by atoms with E-state index in [0.29, 0.717) is 17.3 Å².